The fourth-order valence-electron chi connectivity index (χ4n) is 0.684. The smallest absolute Gasteiger partial charge is 0.155 e. The molecule has 1 N–H and O–H groups in total. The van der Waals surface area contributed by atoms with E-state index in [0.717, 1.165) is 0 Å². The normalized spacial score (nSPS) is 45.0. The van der Waals surface area contributed by atoms with Gasteiger partial charge in [0.15, 0.2) is 6.29 Å². The van der Waals surface area contributed by atoms with Crippen molar-refractivity contribution in [3.8, 4) is 0 Å². The third-order valence-corrected chi connectivity index (χ3v) is 1.26. The Morgan fingerprint density at radius 2 is 1.89 bits per heavy atom. The molecule has 0 spiro atoms. The van der Waals surface area contributed by atoms with Gasteiger partial charge in [0.2, 0.25) is 0 Å². The number of ether oxygens (including phenoxy) is 2. The lowest BCUT2D eigenvalue weighted by atomic mass is 10.1. The number of aliphatic hydroxyl groups is 1. The van der Waals surface area contributed by atoms with Gasteiger partial charge in [-0.2, -0.15) is 0 Å². The largest absolute Gasteiger partial charge is 0.385 e. The molecule has 1 fully saturated rings. The minimum atomic E-state index is -0.785. The van der Waals surface area contributed by atoms with Crippen molar-refractivity contribution in [1.82, 2.24) is 0 Å². The van der Waals surface area contributed by atoms with Crippen LogP contribution >= 0.6 is 0 Å². The van der Waals surface area contributed by atoms with Crippen molar-refractivity contribution in [3.63, 3.8) is 0 Å². The van der Waals surface area contributed by atoms with Crippen LogP contribution in [0.15, 0.2) is 0 Å². The molecular weight excluding hydrogens is 120 g/mol. The summed E-state index contributed by atoms with van der Waals surface area (Å²) in [4.78, 5) is 0. The van der Waals surface area contributed by atoms with Gasteiger partial charge in [0.25, 0.3) is 0 Å². The minimum absolute atomic E-state index is 0.162. The molecule has 3 heteroatoms. The summed E-state index contributed by atoms with van der Waals surface area (Å²) < 4.78 is 10.0. The van der Waals surface area contributed by atoms with Crippen molar-refractivity contribution in [1.29, 1.82) is 0 Å². The predicted molar refractivity (Wildman–Crippen MR) is 32.0 cm³/mol. The van der Waals surface area contributed by atoms with Crippen LogP contribution in [0.4, 0.5) is 0 Å². The lowest BCUT2D eigenvalue weighted by Crippen LogP contribution is -2.43. The highest BCUT2D eigenvalue weighted by Gasteiger charge is 2.27. The van der Waals surface area contributed by atoms with E-state index in [1.54, 1.807) is 6.92 Å². The summed E-state index contributed by atoms with van der Waals surface area (Å²) in [7, 11) is 0. The molecule has 0 aliphatic carbocycles. The second-order valence-corrected chi connectivity index (χ2v) is 2.69. The Balaban J connectivity index is 2.35. The predicted octanol–water partition coefficient (Wildman–Crippen LogP) is 0.130. The topological polar surface area (TPSA) is 38.7 Å². The van der Waals surface area contributed by atoms with Gasteiger partial charge in [-0.15, -0.1) is 0 Å². The first-order valence-corrected chi connectivity index (χ1v) is 3.06. The van der Waals surface area contributed by atoms with Crippen LogP contribution < -0.4 is 0 Å². The fourth-order valence-corrected chi connectivity index (χ4v) is 0.684. The highest BCUT2D eigenvalue weighted by atomic mass is 16.7. The summed E-state index contributed by atoms with van der Waals surface area (Å²) in [5.74, 6) is 0. The van der Waals surface area contributed by atoms with Crippen LogP contribution in [-0.4, -0.2) is 30.2 Å². The van der Waals surface area contributed by atoms with Crippen molar-refractivity contribution in [2.45, 2.75) is 25.7 Å². The maximum atomic E-state index is 9.24. The van der Waals surface area contributed by atoms with E-state index < -0.39 is 5.60 Å². The molecule has 0 bridgehead atoms. The van der Waals surface area contributed by atoms with Gasteiger partial charge in [0.05, 0.1) is 13.2 Å². The van der Waals surface area contributed by atoms with Crippen molar-refractivity contribution in [3.05, 3.63) is 0 Å². The summed E-state index contributed by atoms with van der Waals surface area (Å²) in [6, 6.07) is 0. The second-order valence-electron chi connectivity index (χ2n) is 2.69. The van der Waals surface area contributed by atoms with Crippen molar-refractivity contribution in [2.24, 2.45) is 0 Å². The Bertz CT molecular complexity index is 90.5. The molecular formula is C6H12O3. The van der Waals surface area contributed by atoms with Gasteiger partial charge in [-0.3, -0.25) is 0 Å². The molecule has 0 amide bonds. The summed E-state index contributed by atoms with van der Waals surface area (Å²) in [6.07, 6.45) is -0.162. The summed E-state index contributed by atoms with van der Waals surface area (Å²) in [5.41, 5.74) is -0.785. The molecule has 0 unspecified atom stereocenters. The van der Waals surface area contributed by atoms with Crippen molar-refractivity contribution in [2.75, 3.05) is 13.2 Å². The second kappa shape index (κ2) is 2.25. The van der Waals surface area contributed by atoms with Crippen LogP contribution in [0.3, 0.4) is 0 Å². The van der Waals surface area contributed by atoms with Crippen LogP contribution in [0, 0.1) is 0 Å². The SMILES string of the molecule is CC1OCC(C)(O)CO1. The Morgan fingerprint density at radius 1 is 1.44 bits per heavy atom. The van der Waals surface area contributed by atoms with Gasteiger partial charge in [-0.1, -0.05) is 0 Å². The molecule has 0 radical (unpaired) electrons. The number of rotatable bonds is 0. The van der Waals surface area contributed by atoms with E-state index in [9.17, 15) is 5.11 Å². The lowest BCUT2D eigenvalue weighted by Gasteiger charge is -2.31. The van der Waals surface area contributed by atoms with Crippen LogP contribution in [-0.2, 0) is 9.47 Å². The molecule has 1 aliphatic heterocycles. The first-order valence-electron chi connectivity index (χ1n) is 3.06. The first kappa shape index (κ1) is 6.99. The van der Waals surface area contributed by atoms with Gasteiger partial charge < -0.3 is 14.6 Å². The van der Waals surface area contributed by atoms with E-state index in [1.807, 2.05) is 6.92 Å². The van der Waals surface area contributed by atoms with E-state index in [4.69, 9.17) is 9.47 Å². The van der Waals surface area contributed by atoms with E-state index in [1.165, 1.54) is 0 Å². The summed E-state index contributed by atoms with van der Waals surface area (Å²) >= 11 is 0. The monoisotopic (exact) mass is 132 g/mol. The van der Waals surface area contributed by atoms with Crippen LogP contribution in [0.5, 0.6) is 0 Å². The molecule has 1 heterocycles. The Hall–Kier alpha value is -0.120. The zero-order valence-electron chi connectivity index (χ0n) is 5.76. The molecule has 9 heavy (non-hydrogen) atoms. The van der Waals surface area contributed by atoms with E-state index in [-0.39, 0.29) is 6.29 Å². The molecule has 3 nitrogen and oxygen atoms in total. The Labute approximate surface area is 54.6 Å². The van der Waals surface area contributed by atoms with Gasteiger partial charge in [0, 0.05) is 0 Å². The molecule has 1 aliphatic rings. The first-order chi connectivity index (χ1) is 4.10. The summed E-state index contributed by atoms with van der Waals surface area (Å²) in [5, 5.41) is 9.24. The molecule has 0 aromatic carbocycles. The molecule has 1 saturated heterocycles. The highest BCUT2D eigenvalue weighted by Crippen LogP contribution is 2.13. The van der Waals surface area contributed by atoms with Crippen LogP contribution in [0.2, 0.25) is 0 Å². The van der Waals surface area contributed by atoms with Crippen molar-refractivity contribution >= 4 is 0 Å². The Kier molecular flexibility index (Phi) is 1.75. The van der Waals surface area contributed by atoms with E-state index >= 15 is 0 Å². The quantitative estimate of drug-likeness (QED) is 0.509. The highest BCUT2D eigenvalue weighted by molar-refractivity contribution is 4.73. The van der Waals surface area contributed by atoms with Gasteiger partial charge in [-0.05, 0) is 13.8 Å². The van der Waals surface area contributed by atoms with Crippen LogP contribution in [0.25, 0.3) is 0 Å². The molecule has 54 valence electrons. The van der Waals surface area contributed by atoms with Gasteiger partial charge in [0.1, 0.15) is 5.60 Å². The molecule has 1 rings (SSSR count). The maximum absolute atomic E-state index is 9.24. The third-order valence-electron chi connectivity index (χ3n) is 1.26. The van der Waals surface area contributed by atoms with Gasteiger partial charge in [-0.25, -0.2) is 0 Å². The zero-order chi connectivity index (χ0) is 6.91. The minimum Gasteiger partial charge on any atom is -0.385 e. The number of hydrogen-bond acceptors (Lipinski definition) is 3. The number of hydrogen-bond donors (Lipinski definition) is 1. The fraction of sp³-hybridized carbons (Fsp3) is 1.00. The summed E-state index contributed by atoms with van der Waals surface area (Å²) in [6.45, 7) is 4.25. The molecule has 0 saturated carbocycles. The average molecular weight is 132 g/mol. The van der Waals surface area contributed by atoms with E-state index in [2.05, 4.69) is 0 Å². The standard InChI is InChI=1S/C6H12O3/c1-5-8-3-6(2,7)4-9-5/h5,7H,3-4H2,1-2H3. The van der Waals surface area contributed by atoms with E-state index in [0.29, 0.717) is 13.2 Å². The molecule has 0 atom stereocenters. The molecule has 0 aromatic rings. The lowest BCUT2D eigenvalue weighted by molar-refractivity contribution is -0.239. The maximum Gasteiger partial charge on any atom is 0.155 e. The zero-order valence-corrected chi connectivity index (χ0v) is 5.76. The molecule has 0 aromatic heterocycles. The third kappa shape index (κ3) is 1.93. The van der Waals surface area contributed by atoms with Gasteiger partial charge >= 0.3 is 0 Å². The van der Waals surface area contributed by atoms with Crippen LogP contribution in [0.1, 0.15) is 13.8 Å². The van der Waals surface area contributed by atoms with Crippen molar-refractivity contribution < 1.29 is 14.6 Å². The average Bonchev–Trinajstić information content (AvgIpc) is 1.78. The Morgan fingerprint density at radius 3 is 2.22 bits per heavy atom.